The van der Waals surface area contributed by atoms with Crippen LogP contribution in [-0.2, 0) is 0 Å². The molecule has 0 bridgehead atoms. The topological polar surface area (TPSA) is 71.2 Å². The van der Waals surface area contributed by atoms with Gasteiger partial charge in [-0.1, -0.05) is 18.2 Å². The summed E-state index contributed by atoms with van der Waals surface area (Å²) >= 11 is 0. The van der Waals surface area contributed by atoms with Crippen molar-refractivity contribution in [2.75, 3.05) is 18.5 Å². The van der Waals surface area contributed by atoms with E-state index in [9.17, 15) is 4.79 Å². The Kier molecular flexibility index (Phi) is 7.87. The molecule has 0 saturated heterocycles. The maximum absolute atomic E-state index is 12.5. The zero-order valence-electron chi connectivity index (χ0n) is 15.0. The van der Waals surface area contributed by atoms with Crippen molar-refractivity contribution in [3.63, 3.8) is 0 Å². The standard InChI is InChI=1S/C19H24N4O.2ClH/c1-19(13-20,15-9-10-15)22-18(24)14-8-11-17(21-12-14)23(2)16-6-4-3-5-7-16;;/h3-8,11-12,15H,9-10,13,20H2,1-2H3,(H,22,24);2*1H. The van der Waals surface area contributed by atoms with Gasteiger partial charge < -0.3 is 16.0 Å². The smallest absolute Gasteiger partial charge is 0.253 e. The van der Waals surface area contributed by atoms with Crippen molar-refractivity contribution in [2.45, 2.75) is 25.3 Å². The fraction of sp³-hybridized carbons (Fsp3) is 0.368. The number of nitrogens with two attached hydrogens (primary N) is 1. The number of carbonyl (C=O) groups excluding carboxylic acids is 1. The summed E-state index contributed by atoms with van der Waals surface area (Å²) in [5, 5.41) is 3.08. The van der Waals surface area contributed by atoms with Crippen molar-refractivity contribution in [1.29, 1.82) is 0 Å². The van der Waals surface area contributed by atoms with Gasteiger partial charge in [0.25, 0.3) is 5.91 Å². The van der Waals surface area contributed by atoms with Crippen molar-refractivity contribution < 1.29 is 4.79 Å². The number of carbonyl (C=O) groups is 1. The van der Waals surface area contributed by atoms with Crippen molar-refractivity contribution in [1.82, 2.24) is 10.3 Å². The summed E-state index contributed by atoms with van der Waals surface area (Å²) in [7, 11) is 1.95. The van der Waals surface area contributed by atoms with Crippen LogP contribution in [0.3, 0.4) is 0 Å². The Morgan fingerprint density at radius 2 is 1.88 bits per heavy atom. The lowest BCUT2D eigenvalue weighted by Gasteiger charge is -2.29. The van der Waals surface area contributed by atoms with E-state index in [-0.39, 0.29) is 36.3 Å². The third-order valence-corrected chi connectivity index (χ3v) is 4.80. The number of hydrogen-bond acceptors (Lipinski definition) is 4. The molecule has 1 unspecified atom stereocenters. The van der Waals surface area contributed by atoms with Crippen LogP contribution in [0.15, 0.2) is 48.7 Å². The van der Waals surface area contributed by atoms with E-state index in [1.165, 1.54) is 0 Å². The molecular weight excluding hydrogens is 371 g/mol. The van der Waals surface area contributed by atoms with Crippen molar-refractivity contribution in [3.05, 3.63) is 54.2 Å². The molecule has 1 heterocycles. The maximum atomic E-state index is 12.5. The molecule has 0 radical (unpaired) electrons. The number of anilines is 2. The summed E-state index contributed by atoms with van der Waals surface area (Å²) in [6.45, 7) is 2.47. The van der Waals surface area contributed by atoms with E-state index < -0.39 is 0 Å². The molecule has 142 valence electrons. The summed E-state index contributed by atoms with van der Waals surface area (Å²) in [5.74, 6) is 1.17. The molecule has 1 aromatic heterocycles. The lowest BCUT2D eigenvalue weighted by atomic mass is 9.95. The van der Waals surface area contributed by atoms with Crippen LogP contribution < -0.4 is 16.0 Å². The summed E-state index contributed by atoms with van der Waals surface area (Å²) in [6, 6.07) is 13.7. The van der Waals surface area contributed by atoms with E-state index >= 15 is 0 Å². The van der Waals surface area contributed by atoms with E-state index in [1.807, 2.05) is 55.3 Å². The highest BCUT2D eigenvalue weighted by Gasteiger charge is 2.41. The molecule has 5 nitrogen and oxygen atoms in total. The van der Waals surface area contributed by atoms with E-state index in [4.69, 9.17) is 5.73 Å². The van der Waals surface area contributed by atoms with E-state index in [0.717, 1.165) is 24.3 Å². The minimum Gasteiger partial charge on any atom is -0.345 e. The first-order valence-corrected chi connectivity index (χ1v) is 8.31. The molecule has 0 aliphatic heterocycles. The van der Waals surface area contributed by atoms with Crippen LogP contribution in [-0.4, -0.2) is 30.0 Å². The van der Waals surface area contributed by atoms with E-state index in [1.54, 1.807) is 12.3 Å². The Hall–Kier alpha value is -1.82. The molecule has 1 saturated carbocycles. The van der Waals surface area contributed by atoms with E-state index in [0.29, 0.717) is 18.0 Å². The largest absolute Gasteiger partial charge is 0.345 e. The Labute approximate surface area is 167 Å². The van der Waals surface area contributed by atoms with Crippen LogP contribution in [0.5, 0.6) is 0 Å². The molecule has 2 aromatic rings. The average Bonchev–Trinajstić information content (AvgIpc) is 3.47. The maximum Gasteiger partial charge on any atom is 0.253 e. The summed E-state index contributed by atoms with van der Waals surface area (Å²) in [6.07, 6.45) is 3.88. The third-order valence-electron chi connectivity index (χ3n) is 4.80. The lowest BCUT2D eigenvalue weighted by Crippen LogP contribution is -2.53. The van der Waals surface area contributed by atoms with Gasteiger partial charge in [0.1, 0.15) is 5.82 Å². The second-order valence-corrected chi connectivity index (χ2v) is 6.65. The first-order chi connectivity index (χ1) is 11.5. The van der Waals surface area contributed by atoms with Crippen molar-refractivity contribution >= 4 is 42.2 Å². The third kappa shape index (κ3) is 4.87. The molecule has 1 aliphatic rings. The highest BCUT2D eigenvalue weighted by Crippen LogP contribution is 2.39. The summed E-state index contributed by atoms with van der Waals surface area (Å²) in [5.41, 5.74) is 7.15. The van der Waals surface area contributed by atoms with Crippen LogP contribution in [0, 0.1) is 5.92 Å². The monoisotopic (exact) mass is 396 g/mol. The Morgan fingerprint density at radius 1 is 1.23 bits per heavy atom. The highest BCUT2D eigenvalue weighted by molar-refractivity contribution is 5.94. The van der Waals surface area contributed by atoms with Gasteiger partial charge in [-0.05, 0) is 49.9 Å². The average molecular weight is 397 g/mol. The van der Waals surface area contributed by atoms with Crippen LogP contribution >= 0.6 is 24.8 Å². The number of aromatic nitrogens is 1. The number of para-hydroxylation sites is 1. The predicted molar refractivity (Wildman–Crippen MR) is 111 cm³/mol. The quantitative estimate of drug-likeness (QED) is 0.782. The van der Waals surface area contributed by atoms with Gasteiger partial charge in [0.2, 0.25) is 0 Å². The van der Waals surface area contributed by atoms with Crippen LogP contribution in [0.25, 0.3) is 0 Å². The SMILES string of the molecule is CN(c1ccccc1)c1ccc(C(=O)NC(C)(CN)C2CC2)cn1.Cl.Cl. The molecule has 3 rings (SSSR count). The number of nitrogens with zero attached hydrogens (tertiary/aromatic N) is 2. The molecule has 1 atom stereocenters. The number of benzene rings is 1. The zero-order valence-corrected chi connectivity index (χ0v) is 16.6. The highest BCUT2D eigenvalue weighted by atomic mass is 35.5. The van der Waals surface area contributed by atoms with Gasteiger partial charge in [-0.25, -0.2) is 4.98 Å². The first-order valence-electron chi connectivity index (χ1n) is 8.31. The predicted octanol–water partition coefficient (Wildman–Crippen LogP) is 3.55. The Balaban J connectivity index is 0.00000169. The molecule has 1 aromatic carbocycles. The molecule has 1 aliphatic carbocycles. The number of rotatable bonds is 6. The number of hydrogen-bond donors (Lipinski definition) is 2. The van der Waals surface area contributed by atoms with Gasteiger partial charge >= 0.3 is 0 Å². The number of nitrogens with one attached hydrogen (secondary N) is 1. The molecule has 26 heavy (non-hydrogen) atoms. The lowest BCUT2D eigenvalue weighted by molar-refractivity contribution is 0.0897. The zero-order chi connectivity index (χ0) is 17.2. The van der Waals surface area contributed by atoms with Crippen LogP contribution in [0.4, 0.5) is 11.5 Å². The van der Waals surface area contributed by atoms with Gasteiger partial charge in [-0.15, -0.1) is 24.8 Å². The van der Waals surface area contributed by atoms with E-state index in [2.05, 4.69) is 10.3 Å². The molecule has 0 spiro atoms. The van der Waals surface area contributed by atoms with Gasteiger partial charge in [0.15, 0.2) is 0 Å². The van der Waals surface area contributed by atoms with Gasteiger partial charge in [0, 0.05) is 25.5 Å². The molecule has 7 heteroatoms. The number of halogens is 2. The van der Waals surface area contributed by atoms with Gasteiger partial charge in [-0.2, -0.15) is 0 Å². The molecule has 1 amide bonds. The fourth-order valence-electron chi connectivity index (χ4n) is 2.87. The van der Waals surface area contributed by atoms with Gasteiger partial charge in [-0.3, -0.25) is 4.79 Å². The number of pyridine rings is 1. The van der Waals surface area contributed by atoms with Crippen LogP contribution in [0.1, 0.15) is 30.1 Å². The summed E-state index contributed by atoms with van der Waals surface area (Å²) in [4.78, 5) is 18.9. The fourth-order valence-corrected chi connectivity index (χ4v) is 2.87. The van der Waals surface area contributed by atoms with Crippen molar-refractivity contribution in [3.8, 4) is 0 Å². The first kappa shape index (κ1) is 22.2. The van der Waals surface area contributed by atoms with Gasteiger partial charge in [0.05, 0.1) is 11.1 Å². The van der Waals surface area contributed by atoms with Crippen LogP contribution in [0.2, 0.25) is 0 Å². The summed E-state index contributed by atoms with van der Waals surface area (Å²) < 4.78 is 0. The minimum atomic E-state index is -0.323. The number of amides is 1. The minimum absolute atomic E-state index is 0. The molecular formula is C19H26Cl2N4O. The van der Waals surface area contributed by atoms with Crippen molar-refractivity contribution in [2.24, 2.45) is 11.7 Å². The molecule has 1 fully saturated rings. The second-order valence-electron chi connectivity index (χ2n) is 6.65. The normalized spacial score (nSPS) is 15.0. The Bertz CT molecular complexity index is 707. The Morgan fingerprint density at radius 3 is 2.38 bits per heavy atom. The molecule has 3 N–H and O–H groups in total. The second kappa shape index (κ2) is 9.21.